The van der Waals surface area contributed by atoms with Gasteiger partial charge in [0.1, 0.15) is 0 Å². The fraction of sp³-hybridized carbons (Fsp3) is 0.435. The van der Waals surface area contributed by atoms with Crippen molar-refractivity contribution in [3.8, 4) is 0 Å². The van der Waals surface area contributed by atoms with Crippen molar-refractivity contribution in [2.24, 2.45) is 11.7 Å². The van der Waals surface area contributed by atoms with Crippen LogP contribution in [0.1, 0.15) is 58.4 Å². The van der Waals surface area contributed by atoms with E-state index in [2.05, 4.69) is 20.4 Å². The van der Waals surface area contributed by atoms with Crippen molar-refractivity contribution in [3.63, 3.8) is 0 Å². The first-order chi connectivity index (χ1) is 13.1. The predicted octanol–water partition coefficient (Wildman–Crippen LogP) is 4.86. The number of benzene rings is 1. The summed E-state index contributed by atoms with van der Waals surface area (Å²) in [6.07, 6.45) is 3.85. The summed E-state index contributed by atoms with van der Waals surface area (Å²) in [6.45, 7) is 10.1. The molecule has 0 aliphatic heterocycles. The fourth-order valence-corrected chi connectivity index (χ4v) is 2.88. The molecule has 2 rings (SSSR count). The van der Waals surface area contributed by atoms with E-state index < -0.39 is 18.0 Å². The molecule has 1 amide bonds. The summed E-state index contributed by atoms with van der Waals surface area (Å²) in [7, 11) is 0. The van der Waals surface area contributed by atoms with E-state index in [1.165, 1.54) is 12.8 Å². The van der Waals surface area contributed by atoms with Crippen LogP contribution in [0.3, 0.4) is 0 Å². The van der Waals surface area contributed by atoms with Crippen molar-refractivity contribution in [3.05, 3.63) is 51.9 Å². The molecule has 0 bridgehead atoms. The molecule has 1 aromatic carbocycles. The molecular weight excluding hydrogens is 363 g/mol. The Hall–Kier alpha value is -2.30. The van der Waals surface area contributed by atoms with Gasteiger partial charge in [-0.25, -0.2) is 0 Å². The van der Waals surface area contributed by atoms with E-state index in [4.69, 9.17) is 5.73 Å². The van der Waals surface area contributed by atoms with Gasteiger partial charge in [-0.05, 0) is 53.8 Å². The summed E-state index contributed by atoms with van der Waals surface area (Å²) in [4.78, 5) is 11.3. The molecular formula is C23H30F3NO. The summed E-state index contributed by atoms with van der Waals surface area (Å²) in [5.74, 6) is -1.80. The second kappa shape index (κ2) is 10.9. The highest BCUT2D eigenvalue weighted by atomic mass is 19.4. The van der Waals surface area contributed by atoms with Gasteiger partial charge in [-0.3, -0.25) is 4.79 Å². The van der Waals surface area contributed by atoms with Crippen molar-refractivity contribution in [2.75, 3.05) is 0 Å². The number of hydrogen-bond acceptors (Lipinski definition) is 1. The molecule has 1 unspecified atom stereocenters. The first-order valence-electron chi connectivity index (χ1n) is 9.67. The normalized spacial score (nSPS) is 18.2. The zero-order chi connectivity index (χ0) is 21.3. The van der Waals surface area contributed by atoms with Gasteiger partial charge < -0.3 is 5.73 Å². The van der Waals surface area contributed by atoms with Gasteiger partial charge in [0.15, 0.2) is 0 Å². The van der Waals surface area contributed by atoms with E-state index in [-0.39, 0.29) is 12.8 Å². The van der Waals surface area contributed by atoms with Crippen LogP contribution in [0.15, 0.2) is 35.9 Å². The van der Waals surface area contributed by atoms with Gasteiger partial charge in [-0.15, -0.1) is 0 Å². The quantitative estimate of drug-likeness (QED) is 0.730. The average Bonchev–Trinajstić information content (AvgIpc) is 2.66. The third-order valence-corrected chi connectivity index (χ3v) is 4.84. The number of unbranched alkanes of at least 4 members (excludes halogenated alkanes) is 1. The van der Waals surface area contributed by atoms with Crippen LogP contribution in [0.2, 0.25) is 0 Å². The van der Waals surface area contributed by atoms with E-state index >= 15 is 0 Å². The maximum absolute atomic E-state index is 12.8. The maximum atomic E-state index is 12.8. The second-order valence-electron chi connectivity index (χ2n) is 6.87. The smallest absolute Gasteiger partial charge is 0.366 e. The van der Waals surface area contributed by atoms with Crippen LogP contribution in [0.5, 0.6) is 0 Å². The zero-order valence-electron chi connectivity index (χ0n) is 16.9. The summed E-state index contributed by atoms with van der Waals surface area (Å²) < 4.78 is 38.3. The van der Waals surface area contributed by atoms with Crippen molar-refractivity contribution in [1.82, 2.24) is 0 Å². The van der Waals surface area contributed by atoms with Gasteiger partial charge in [-0.2, -0.15) is 13.2 Å². The van der Waals surface area contributed by atoms with Crippen LogP contribution in [0.25, 0.3) is 18.2 Å². The molecule has 5 heteroatoms. The highest BCUT2D eigenvalue weighted by Crippen LogP contribution is 2.38. The third-order valence-electron chi connectivity index (χ3n) is 4.84. The van der Waals surface area contributed by atoms with E-state index in [0.717, 1.165) is 16.4 Å². The Labute approximate surface area is 165 Å². The van der Waals surface area contributed by atoms with Crippen LogP contribution in [0, 0.1) is 5.92 Å². The molecule has 1 aliphatic rings. The Bertz CT molecular complexity index is 832. The van der Waals surface area contributed by atoms with E-state index in [1.54, 1.807) is 37.3 Å². The molecule has 0 spiro atoms. The molecule has 0 aromatic heterocycles. The number of alkyl halides is 3. The van der Waals surface area contributed by atoms with Crippen LogP contribution in [-0.2, 0) is 4.79 Å². The molecule has 0 radical (unpaired) electrons. The number of carbonyl (C=O) groups is 1. The molecule has 0 saturated carbocycles. The lowest BCUT2D eigenvalue weighted by molar-refractivity contribution is -0.175. The summed E-state index contributed by atoms with van der Waals surface area (Å²) in [5.41, 5.74) is 7.37. The molecule has 154 valence electrons. The molecule has 0 saturated heterocycles. The molecule has 2 nitrogen and oxygen atoms in total. The van der Waals surface area contributed by atoms with Crippen LogP contribution in [0.4, 0.5) is 13.2 Å². The van der Waals surface area contributed by atoms with E-state index in [9.17, 15) is 18.0 Å². The van der Waals surface area contributed by atoms with Gasteiger partial charge in [0.25, 0.3) is 0 Å². The van der Waals surface area contributed by atoms with E-state index in [0.29, 0.717) is 17.2 Å². The standard InChI is InChI=1S/C19H20F3NO.C4H10/c1-3-13(18(23)24)11-15-5-4-6-17(12(15)2)14-7-9-16(10-8-14)19(20,21)22;1-3-4-2/h3-7,11,16H,2,8-10H2,1H3,(H2,23,24);3-4H2,1-2H3/b13-3+,15-11-;. The molecule has 0 heterocycles. The average molecular weight is 393 g/mol. The lowest BCUT2D eigenvalue weighted by atomic mass is 9.85. The fourth-order valence-electron chi connectivity index (χ4n) is 2.88. The number of carbonyl (C=O) groups excluding carboxylic acids is 1. The van der Waals surface area contributed by atoms with Crippen LogP contribution < -0.4 is 16.2 Å². The minimum atomic E-state index is -4.15. The first-order valence-corrected chi connectivity index (χ1v) is 9.67. The van der Waals surface area contributed by atoms with Crippen LogP contribution >= 0.6 is 0 Å². The van der Waals surface area contributed by atoms with Gasteiger partial charge in [0.2, 0.25) is 5.91 Å². The molecule has 1 atom stereocenters. The van der Waals surface area contributed by atoms with Gasteiger partial charge in [0.05, 0.1) is 5.92 Å². The second-order valence-corrected chi connectivity index (χ2v) is 6.87. The van der Waals surface area contributed by atoms with Crippen LogP contribution in [-0.4, -0.2) is 12.1 Å². The Morgan fingerprint density at radius 3 is 2.36 bits per heavy atom. The number of allylic oxidation sites excluding steroid dienone is 3. The Morgan fingerprint density at radius 2 is 1.93 bits per heavy atom. The number of halogens is 3. The molecule has 1 aliphatic carbocycles. The first kappa shape index (κ1) is 23.7. The maximum Gasteiger partial charge on any atom is 0.392 e. The number of primary amides is 1. The number of amides is 1. The SMILES string of the molecule is C=c1c(C2=CCC(C(F)(F)F)CC2)ccc/c1=C/C(=C\C)C(N)=O.CCCC. The topological polar surface area (TPSA) is 43.1 Å². The van der Waals surface area contributed by atoms with Crippen molar-refractivity contribution in [1.29, 1.82) is 0 Å². The highest BCUT2D eigenvalue weighted by molar-refractivity contribution is 6.00. The summed E-state index contributed by atoms with van der Waals surface area (Å²) in [5, 5.41) is 1.42. The van der Waals surface area contributed by atoms with Crippen molar-refractivity contribution >= 4 is 24.1 Å². The lowest BCUT2D eigenvalue weighted by Gasteiger charge is -2.24. The monoisotopic (exact) mass is 393 g/mol. The number of rotatable bonds is 4. The van der Waals surface area contributed by atoms with Gasteiger partial charge >= 0.3 is 6.18 Å². The third kappa shape index (κ3) is 6.70. The molecule has 1 aromatic rings. The predicted molar refractivity (Wildman–Crippen MR) is 111 cm³/mol. The summed E-state index contributed by atoms with van der Waals surface area (Å²) in [6, 6.07) is 5.46. The van der Waals surface area contributed by atoms with Gasteiger partial charge in [-0.1, -0.05) is 63.6 Å². The van der Waals surface area contributed by atoms with Crippen molar-refractivity contribution in [2.45, 2.75) is 59.1 Å². The Balaban J connectivity index is 0.000000892. The van der Waals surface area contributed by atoms with E-state index in [1.807, 2.05) is 6.07 Å². The Morgan fingerprint density at radius 1 is 1.29 bits per heavy atom. The summed E-state index contributed by atoms with van der Waals surface area (Å²) >= 11 is 0. The zero-order valence-corrected chi connectivity index (χ0v) is 16.9. The molecule has 0 fully saturated rings. The Kier molecular flexibility index (Phi) is 9.23. The lowest BCUT2D eigenvalue weighted by Crippen LogP contribution is -2.29. The number of nitrogens with two attached hydrogens (primary N) is 1. The molecule has 2 N–H and O–H groups in total. The number of hydrogen-bond donors (Lipinski definition) is 1. The largest absolute Gasteiger partial charge is 0.392 e. The van der Waals surface area contributed by atoms with Gasteiger partial charge in [0, 0.05) is 5.57 Å². The molecule has 28 heavy (non-hydrogen) atoms. The minimum absolute atomic E-state index is 0.00634. The minimum Gasteiger partial charge on any atom is -0.366 e. The highest BCUT2D eigenvalue weighted by Gasteiger charge is 2.39. The van der Waals surface area contributed by atoms with Crippen molar-refractivity contribution < 1.29 is 18.0 Å².